The molecule has 0 bridgehead atoms. The van der Waals surface area contributed by atoms with E-state index in [-0.39, 0.29) is 29.3 Å². The second-order valence-corrected chi connectivity index (χ2v) is 5.02. The fraction of sp³-hybridized carbons (Fsp3) is 0.143. The maximum Gasteiger partial charge on any atom is 0.492 e. The van der Waals surface area contributed by atoms with Crippen molar-refractivity contribution in [3.8, 4) is 0 Å². The van der Waals surface area contributed by atoms with Gasteiger partial charge in [-0.1, -0.05) is 12.1 Å². The summed E-state index contributed by atoms with van der Waals surface area (Å²) in [7, 11) is 0. The van der Waals surface area contributed by atoms with Crippen molar-refractivity contribution in [3.63, 3.8) is 0 Å². The van der Waals surface area contributed by atoms with E-state index in [2.05, 4.69) is 4.18 Å². The van der Waals surface area contributed by atoms with Gasteiger partial charge in [-0.2, -0.15) is 13.2 Å². The number of ketones is 1. The average molecular weight is 330 g/mol. The number of hydrogen-bond acceptors (Lipinski definition) is 3. The Morgan fingerprint density at radius 2 is 1.82 bits per heavy atom. The predicted molar refractivity (Wildman–Crippen MR) is 74.9 cm³/mol. The Kier molecular flexibility index (Phi) is 4.92. The highest BCUT2D eigenvalue weighted by Crippen LogP contribution is 2.27. The standard InChI is InChI=1S/C14H10F3NO3S/c15-14(16,17)13(20)21-22-12-6-2-1-5-10(12)11(19)9-18-7-3-4-8-18/h1-8H,9H2/p+1. The normalized spacial score (nSPS) is 11.2. The van der Waals surface area contributed by atoms with Gasteiger partial charge >= 0.3 is 17.9 Å². The van der Waals surface area contributed by atoms with Crippen LogP contribution in [0.4, 0.5) is 13.2 Å². The van der Waals surface area contributed by atoms with E-state index in [4.69, 9.17) is 0 Å². The molecule has 4 nitrogen and oxygen atoms in total. The molecular formula is C14H11F3NO3S+. The van der Waals surface area contributed by atoms with Gasteiger partial charge in [0.2, 0.25) is 0 Å². The first kappa shape index (κ1) is 16.2. The fourth-order valence-electron chi connectivity index (χ4n) is 1.64. The molecular weight excluding hydrogens is 319 g/mol. The number of nitrogens with zero attached hydrogens (tertiary/aromatic N) is 1. The molecule has 2 rings (SSSR count). The first-order valence-electron chi connectivity index (χ1n) is 6.08. The Morgan fingerprint density at radius 3 is 2.45 bits per heavy atom. The number of halogens is 3. The van der Waals surface area contributed by atoms with Gasteiger partial charge in [-0.25, -0.2) is 4.79 Å². The third kappa shape index (κ3) is 4.14. The summed E-state index contributed by atoms with van der Waals surface area (Å²) in [5, 5.41) is 0. The quantitative estimate of drug-likeness (QED) is 0.481. The van der Waals surface area contributed by atoms with E-state index < -0.39 is 12.1 Å². The largest absolute Gasteiger partial charge is 0.492 e. The van der Waals surface area contributed by atoms with E-state index in [0.29, 0.717) is 5.56 Å². The fourth-order valence-corrected chi connectivity index (χ4v) is 2.31. The molecule has 1 aromatic carbocycles. The summed E-state index contributed by atoms with van der Waals surface area (Å²) in [6.45, 7) is 0.151. The zero-order valence-corrected chi connectivity index (χ0v) is 11.9. The maximum atomic E-state index is 12.1. The summed E-state index contributed by atoms with van der Waals surface area (Å²) >= 11 is 0.263. The SMILES string of the molecule is O=C(OSc1ccccc1C(=[OH+])Cn1cccc1)C(F)(F)F. The van der Waals surface area contributed by atoms with Crippen molar-refractivity contribution in [1.29, 1.82) is 0 Å². The Morgan fingerprint density at radius 1 is 1.18 bits per heavy atom. The van der Waals surface area contributed by atoms with Crippen molar-refractivity contribution in [2.24, 2.45) is 0 Å². The molecule has 1 aromatic heterocycles. The Hall–Kier alpha value is -2.22. The Balaban J connectivity index is 2.09. The van der Waals surface area contributed by atoms with Gasteiger partial charge in [0.25, 0.3) is 0 Å². The van der Waals surface area contributed by atoms with Crippen LogP contribution in [0.5, 0.6) is 0 Å². The number of carbonyl (C=O) groups is 1. The molecule has 0 amide bonds. The topological polar surface area (TPSA) is 52.6 Å². The van der Waals surface area contributed by atoms with Crippen LogP contribution >= 0.6 is 12.0 Å². The molecule has 116 valence electrons. The molecule has 0 saturated carbocycles. The van der Waals surface area contributed by atoms with Crippen LogP contribution < -0.4 is 0 Å². The first-order chi connectivity index (χ1) is 10.4. The molecule has 0 aliphatic carbocycles. The molecule has 0 unspecified atom stereocenters. The second kappa shape index (κ2) is 6.69. The molecule has 0 atom stereocenters. The Bertz CT molecular complexity index is 668. The number of rotatable bonds is 5. The zero-order chi connectivity index (χ0) is 16.2. The van der Waals surface area contributed by atoms with Gasteiger partial charge in [0.05, 0.1) is 22.5 Å². The monoisotopic (exact) mass is 330 g/mol. The minimum Gasteiger partial charge on any atom is -0.379 e. The van der Waals surface area contributed by atoms with Crippen molar-refractivity contribution in [3.05, 3.63) is 54.4 Å². The summed E-state index contributed by atoms with van der Waals surface area (Å²) in [5.41, 5.74) is 0.302. The van der Waals surface area contributed by atoms with Gasteiger partial charge in [-0.05, 0) is 24.3 Å². The van der Waals surface area contributed by atoms with Crippen LogP contribution in [0, 0.1) is 0 Å². The van der Waals surface area contributed by atoms with Crippen molar-refractivity contribution >= 4 is 23.8 Å². The number of carbonyl (C=O) groups excluding carboxylic acids is 2. The molecule has 8 heteroatoms. The van der Waals surface area contributed by atoms with Crippen LogP contribution in [0.25, 0.3) is 0 Å². The highest BCUT2D eigenvalue weighted by atomic mass is 32.2. The number of alkyl halides is 3. The van der Waals surface area contributed by atoms with Crippen LogP contribution in [0.15, 0.2) is 53.7 Å². The summed E-state index contributed by atoms with van der Waals surface area (Å²) in [4.78, 5) is 21.1. The molecule has 0 aliphatic heterocycles. The number of benzene rings is 1. The molecule has 1 heterocycles. The summed E-state index contributed by atoms with van der Waals surface area (Å²) in [6, 6.07) is 9.73. The van der Waals surface area contributed by atoms with Crippen LogP contribution in [0.1, 0.15) is 5.56 Å². The van der Waals surface area contributed by atoms with Crippen LogP contribution in [-0.4, -0.2) is 27.3 Å². The van der Waals surface area contributed by atoms with Crippen LogP contribution in [-0.2, 0) is 15.5 Å². The van der Waals surface area contributed by atoms with E-state index in [1.807, 2.05) is 0 Å². The predicted octanol–water partition coefficient (Wildman–Crippen LogP) is 3.19. The van der Waals surface area contributed by atoms with Gasteiger partial charge < -0.3 is 8.75 Å². The van der Waals surface area contributed by atoms with E-state index in [0.717, 1.165) is 0 Å². The van der Waals surface area contributed by atoms with Crippen molar-refractivity contribution in [1.82, 2.24) is 4.57 Å². The van der Waals surface area contributed by atoms with Crippen molar-refractivity contribution in [2.45, 2.75) is 17.6 Å². The lowest BCUT2D eigenvalue weighted by Gasteiger charge is -2.07. The van der Waals surface area contributed by atoms with Crippen molar-refractivity contribution < 1.29 is 26.9 Å². The molecule has 0 fully saturated rings. The highest BCUT2D eigenvalue weighted by molar-refractivity contribution is 7.95. The van der Waals surface area contributed by atoms with Gasteiger partial charge in [-0.15, -0.1) is 0 Å². The summed E-state index contributed by atoms with van der Waals surface area (Å²) in [5.74, 6) is -2.35. The van der Waals surface area contributed by atoms with E-state index >= 15 is 0 Å². The third-order valence-corrected chi connectivity index (χ3v) is 3.41. The lowest BCUT2D eigenvalue weighted by atomic mass is 10.1. The maximum absolute atomic E-state index is 12.1. The first-order valence-corrected chi connectivity index (χ1v) is 6.82. The van der Waals surface area contributed by atoms with Gasteiger partial charge in [0, 0.05) is 12.4 Å². The van der Waals surface area contributed by atoms with Crippen LogP contribution in [0.2, 0.25) is 0 Å². The zero-order valence-electron chi connectivity index (χ0n) is 11.1. The highest BCUT2D eigenvalue weighted by Gasteiger charge is 2.41. The van der Waals surface area contributed by atoms with E-state index in [1.54, 1.807) is 41.2 Å². The van der Waals surface area contributed by atoms with Crippen molar-refractivity contribution in [2.75, 3.05) is 0 Å². The molecule has 1 N–H and O–H groups in total. The average Bonchev–Trinajstić information content (AvgIpc) is 2.96. The smallest absolute Gasteiger partial charge is 0.379 e. The molecule has 0 aliphatic rings. The van der Waals surface area contributed by atoms with Gasteiger partial charge in [0.1, 0.15) is 6.54 Å². The van der Waals surface area contributed by atoms with E-state index in [9.17, 15) is 22.8 Å². The second-order valence-electron chi connectivity index (χ2n) is 4.25. The molecule has 22 heavy (non-hydrogen) atoms. The molecule has 2 aromatic rings. The molecule has 0 spiro atoms. The minimum absolute atomic E-state index is 0.0534. The summed E-state index contributed by atoms with van der Waals surface area (Å²) in [6.07, 6.45) is -1.59. The van der Waals surface area contributed by atoms with E-state index in [1.165, 1.54) is 12.1 Å². The molecule has 0 radical (unpaired) electrons. The number of hydrogen-bond donors (Lipinski definition) is 0. The minimum atomic E-state index is -5.06. The van der Waals surface area contributed by atoms with Gasteiger partial charge in [-0.3, -0.25) is 4.79 Å². The lowest BCUT2D eigenvalue weighted by Crippen LogP contribution is -2.23. The third-order valence-electron chi connectivity index (χ3n) is 2.64. The number of aromatic nitrogens is 1. The lowest BCUT2D eigenvalue weighted by molar-refractivity contribution is -0.188. The van der Waals surface area contributed by atoms with Crippen LogP contribution in [0.3, 0.4) is 0 Å². The molecule has 0 saturated heterocycles. The van der Waals surface area contributed by atoms with Gasteiger partial charge in [0.15, 0.2) is 0 Å². The Labute approximate surface area is 128 Å². The summed E-state index contributed by atoms with van der Waals surface area (Å²) < 4.78 is 42.2.